The van der Waals surface area contributed by atoms with E-state index < -0.39 is 0 Å². The van der Waals surface area contributed by atoms with Crippen LogP contribution in [0.4, 0.5) is 0 Å². The van der Waals surface area contributed by atoms with Crippen LogP contribution in [-0.2, 0) is 4.79 Å². The van der Waals surface area contributed by atoms with Crippen LogP contribution in [0.2, 0.25) is 0 Å². The summed E-state index contributed by atoms with van der Waals surface area (Å²) in [5, 5.41) is 0. The van der Waals surface area contributed by atoms with Crippen LogP contribution < -0.4 is 11.5 Å². The van der Waals surface area contributed by atoms with E-state index in [1.807, 2.05) is 20.8 Å². The molecule has 1 unspecified atom stereocenters. The second kappa shape index (κ2) is 7.26. The summed E-state index contributed by atoms with van der Waals surface area (Å²) in [7, 11) is 0. The van der Waals surface area contributed by atoms with Crippen LogP contribution in [-0.4, -0.2) is 18.3 Å². The summed E-state index contributed by atoms with van der Waals surface area (Å²) in [5.41, 5.74) is 10.4. The zero-order valence-corrected chi connectivity index (χ0v) is 9.99. The normalized spacial score (nSPS) is 12.5. The first kappa shape index (κ1) is 13.9. The summed E-state index contributed by atoms with van der Waals surface area (Å²) in [6.45, 7) is 6.55. The van der Waals surface area contributed by atoms with Gasteiger partial charge in [-0.2, -0.15) is 0 Å². The van der Waals surface area contributed by atoms with E-state index in [1.165, 1.54) is 0 Å². The third kappa shape index (κ3) is 6.10. The van der Waals surface area contributed by atoms with Gasteiger partial charge in [-0.3, -0.25) is 9.79 Å². The quantitative estimate of drug-likeness (QED) is 0.380. The largest absolute Gasteiger partial charge is 0.370 e. The number of hydrogen-bond acceptors (Lipinski definition) is 2. The van der Waals surface area contributed by atoms with E-state index in [9.17, 15) is 4.79 Å². The molecule has 0 amide bonds. The second-order valence-electron chi connectivity index (χ2n) is 4.11. The third-order valence-corrected chi connectivity index (χ3v) is 2.47. The van der Waals surface area contributed by atoms with Gasteiger partial charge in [-0.1, -0.05) is 20.8 Å². The van der Waals surface area contributed by atoms with Crippen LogP contribution >= 0.6 is 0 Å². The summed E-state index contributed by atoms with van der Waals surface area (Å²) in [6.07, 6.45) is 2.65. The number of carbonyl (C=O) groups excluding carboxylic acids is 1. The summed E-state index contributed by atoms with van der Waals surface area (Å²) in [5.74, 6) is 0.762. The fourth-order valence-corrected chi connectivity index (χ4v) is 1.56. The maximum absolute atomic E-state index is 11.7. The molecule has 4 heteroatoms. The van der Waals surface area contributed by atoms with Crippen molar-refractivity contribution in [3.8, 4) is 0 Å². The average Bonchev–Trinajstić information content (AvgIpc) is 2.16. The molecular weight excluding hydrogens is 190 g/mol. The first-order chi connectivity index (χ1) is 6.99. The van der Waals surface area contributed by atoms with Crippen LogP contribution in [0.1, 0.15) is 40.0 Å². The van der Waals surface area contributed by atoms with Gasteiger partial charge in [0.2, 0.25) is 0 Å². The van der Waals surface area contributed by atoms with E-state index >= 15 is 0 Å². The minimum Gasteiger partial charge on any atom is -0.370 e. The number of aliphatic imine (C=N–C) groups is 1. The summed E-state index contributed by atoms with van der Waals surface area (Å²) in [4.78, 5) is 15.6. The van der Waals surface area contributed by atoms with Crippen molar-refractivity contribution in [2.45, 2.75) is 40.0 Å². The Balaban J connectivity index is 3.91. The highest BCUT2D eigenvalue weighted by Gasteiger charge is 2.18. The molecule has 0 bridgehead atoms. The minimum absolute atomic E-state index is 0.123. The standard InChI is InChI=1S/C11H23N3O/c1-4-9(10(15)8(2)3)6-5-7-14-11(12)13/h8-9H,4-7H2,1-3H3,(H4,12,13,14). The maximum atomic E-state index is 11.7. The number of hydrogen-bond donors (Lipinski definition) is 2. The van der Waals surface area contributed by atoms with Crippen molar-refractivity contribution in [3.05, 3.63) is 0 Å². The molecule has 0 aliphatic rings. The Morgan fingerprint density at radius 3 is 2.33 bits per heavy atom. The molecule has 0 fully saturated rings. The lowest BCUT2D eigenvalue weighted by Gasteiger charge is -2.15. The highest BCUT2D eigenvalue weighted by Crippen LogP contribution is 2.16. The molecule has 15 heavy (non-hydrogen) atoms. The highest BCUT2D eigenvalue weighted by atomic mass is 16.1. The van der Waals surface area contributed by atoms with Crippen molar-refractivity contribution < 1.29 is 4.79 Å². The first-order valence-electron chi connectivity index (χ1n) is 5.58. The molecule has 0 aromatic carbocycles. The molecule has 0 aliphatic heterocycles. The van der Waals surface area contributed by atoms with Gasteiger partial charge in [0.15, 0.2) is 5.96 Å². The number of guanidine groups is 1. The minimum atomic E-state index is 0.123. The molecular formula is C11H23N3O. The zero-order valence-electron chi connectivity index (χ0n) is 9.99. The Morgan fingerprint density at radius 2 is 1.93 bits per heavy atom. The lowest BCUT2D eigenvalue weighted by molar-refractivity contribution is -0.126. The molecule has 0 aromatic rings. The first-order valence-corrected chi connectivity index (χ1v) is 5.58. The van der Waals surface area contributed by atoms with Gasteiger partial charge < -0.3 is 11.5 Å². The molecule has 0 saturated carbocycles. The highest BCUT2D eigenvalue weighted by molar-refractivity contribution is 5.82. The van der Waals surface area contributed by atoms with Crippen molar-refractivity contribution in [2.24, 2.45) is 28.3 Å². The number of nitrogens with two attached hydrogens (primary N) is 2. The predicted molar refractivity (Wildman–Crippen MR) is 63.5 cm³/mol. The molecule has 0 saturated heterocycles. The van der Waals surface area contributed by atoms with E-state index in [-0.39, 0.29) is 17.8 Å². The van der Waals surface area contributed by atoms with Crippen LogP contribution in [0, 0.1) is 11.8 Å². The van der Waals surface area contributed by atoms with Gasteiger partial charge in [-0.25, -0.2) is 0 Å². The van der Waals surface area contributed by atoms with Gasteiger partial charge in [-0.15, -0.1) is 0 Å². The van der Waals surface area contributed by atoms with E-state index in [0.717, 1.165) is 19.3 Å². The van der Waals surface area contributed by atoms with Gasteiger partial charge >= 0.3 is 0 Å². The van der Waals surface area contributed by atoms with E-state index in [2.05, 4.69) is 4.99 Å². The Morgan fingerprint density at radius 1 is 1.33 bits per heavy atom. The van der Waals surface area contributed by atoms with E-state index in [4.69, 9.17) is 11.5 Å². The lowest BCUT2D eigenvalue weighted by atomic mass is 9.89. The van der Waals surface area contributed by atoms with E-state index in [1.54, 1.807) is 0 Å². The van der Waals surface area contributed by atoms with Crippen molar-refractivity contribution in [1.82, 2.24) is 0 Å². The molecule has 88 valence electrons. The molecule has 0 aromatic heterocycles. The molecule has 0 aliphatic carbocycles. The predicted octanol–water partition coefficient (Wildman–Crippen LogP) is 1.29. The number of Topliss-reactive ketones (excluding diaryl/α,β-unsaturated/α-hetero) is 1. The lowest BCUT2D eigenvalue weighted by Crippen LogP contribution is -2.23. The zero-order chi connectivity index (χ0) is 11.8. The number of ketones is 1. The van der Waals surface area contributed by atoms with Crippen molar-refractivity contribution >= 4 is 11.7 Å². The van der Waals surface area contributed by atoms with Crippen molar-refractivity contribution in [3.63, 3.8) is 0 Å². The molecule has 0 heterocycles. The van der Waals surface area contributed by atoms with Crippen LogP contribution in [0.5, 0.6) is 0 Å². The Bertz CT molecular complexity index is 220. The second-order valence-corrected chi connectivity index (χ2v) is 4.11. The third-order valence-electron chi connectivity index (χ3n) is 2.47. The van der Waals surface area contributed by atoms with Crippen molar-refractivity contribution in [1.29, 1.82) is 0 Å². The Hall–Kier alpha value is -1.06. The molecule has 0 radical (unpaired) electrons. The molecule has 4 nitrogen and oxygen atoms in total. The topological polar surface area (TPSA) is 81.5 Å². The van der Waals surface area contributed by atoms with Crippen LogP contribution in [0.15, 0.2) is 4.99 Å². The van der Waals surface area contributed by atoms with Gasteiger partial charge in [0, 0.05) is 18.4 Å². The van der Waals surface area contributed by atoms with Crippen LogP contribution in [0.25, 0.3) is 0 Å². The number of carbonyl (C=O) groups is 1. The molecule has 4 N–H and O–H groups in total. The van der Waals surface area contributed by atoms with Gasteiger partial charge in [0.05, 0.1) is 0 Å². The Labute approximate surface area is 92.1 Å². The summed E-state index contributed by atoms with van der Waals surface area (Å²) >= 11 is 0. The average molecular weight is 213 g/mol. The fourth-order valence-electron chi connectivity index (χ4n) is 1.56. The summed E-state index contributed by atoms with van der Waals surface area (Å²) in [6, 6.07) is 0. The maximum Gasteiger partial charge on any atom is 0.185 e. The molecule has 1 atom stereocenters. The van der Waals surface area contributed by atoms with Crippen LogP contribution in [0.3, 0.4) is 0 Å². The smallest absolute Gasteiger partial charge is 0.185 e. The SMILES string of the molecule is CCC(CCCN=C(N)N)C(=O)C(C)C. The fraction of sp³-hybridized carbons (Fsp3) is 0.818. The van der Waals surface area contributed by atoms with Gasteiger partial charge in [0.25, 0.3) is 0 Å². The van der Waals surface area contributed by atoms with Crippen molar-refractivity contribution in [2.75, 3.05) is 6.54 Å². The monoisotopic (exact) mass is 213 g/mol. The number of nitrogens with zero attached hydrogens (tertiary/aromatic N) is 1. The van der Waals surface area contributed by atoms with E-state index in [0.29, 0.717) is 12.3 Å². The number of rotatable bonds is 7. The Kier molecular flexibility index (Phi) is 6.75. The molecule has 0 rings (SSSR count). The summed E-state index contributed by atoms with van der Waals surface area (Å²) < 4.78 is 0. The molecule has 0 spiro atoms. The van der Waals surface area contributed by atoms with Gasteiger partial charge in [-0.05, 0) is 19.3 Å². The van der Waals surface area contributed by atoms with Gasteiger partial charge in [0.1, 0.15) is 5.78 Å².